The van der Waals surface area contributed by atoms with Crippen molar-refractivity contribution in [2.45, 2.75) is 58.7 Å². The maximum absolute atomic E-state index is 2.63. The van der Waals surface area contributed by atoms with Crippen LogP contribution in [0.1, 0.15) is 41.0 Å². The molecule has 1 fully saturated rings. The van der Waals surface area contributed by atoms with Crippen LogP contribution in [0.3, 0.4) is 0 Å². The van der Waals surface area contributed by atoms with Crippen LogP contribution in [0.4, 0.5) is 0 Å². The third-order valence-electron chi connectivity index (χ3n) is 3.67. The van der Waals surface area contributed by atoms with Gasteiger partial charge in [-0.15, -0.1) is 0 Å². The van der Waals surface area contributed by atoms with Gasteiger partial charge in [-0.25, -0.2) is 0 Å². The maximum Gasteiger partial charge on any atom is 0.0237 e. The Balaban J connectivity index is 2.66. The van der Waals surface area contributed by atoms with Crippen molar-refractivity contribution in [2.75, 3.05) is 20.1 Å². The number of rotatable bonds is 3. The minimum Gasteiger partial charge on any atom is -0.302 e. The van der Waals surface area contributed by atoms with E-state index in [1.807, 2.05) is 0 Å². The van der Waals surface area contributed by atoms with Crippen molar-refractivity contribution in [3.8, 4) is 0 Å². The molecule has 2 nitrogen and oxygen atoms in total. The van der Waals surface area contributed by atoms with Gasteiger partial charge in [0.15, 0.2) is 0 Å². The summed E-state index contributed by atoms with van der Waals surface area (Å²) < 4.78 is 0. The Morgan fingerprint density at radius 1 is 1.43 bits per heavy atom. The van der Waals surface area contributed by atoms with Crippen LogP contribution < -0.4 is 0 Å². The molecule has 0 amide bonds. The molecule has 1 aliphatic rings. The second kappa shape index (κ2) is 4.19. The molecule has 0 aromatic rings. The Morgan fingerprint density at radius 2 is 2.00 bits per heavy atom. The smallest absolute Gasteiger partial charge is 0.0237 e. The highest BCUT2D eigenvalue weighted by atomic mass is 15.3. The Labute approximate surface area is 89.3 Å². The quantitative estimate of drug-likeness (QED) is 0.686. The lowest BCUT2D eigenvalue weighted by Gasteiger charge is -2.34. The predicted octanol–water partition coefficient (Wildman–Crippen LogP) is 2.20. The number of nitrogens with zero attached hydrogens (tertiary/aromatic N) is 2. The van der Waals surface area contributed by atoms with Gasteiger partial charge < -0.3 is 4.90 Å². The summed E-state index contributed by atoms with van der Waals surface area (Å²) in [6.45, 7) is 14.0. The molecule has 1 heterocycles. The number of hydrogen-bond acceptors (Lipinski definition) is 2. The van der Waals surface area contributed by atoms with Crippen LogP contribution in [0.2, 0.25) is 0 Å². The summed E-state index contributed by atoms with van der Waals surface area (Å²) in [6.07, 6.45) is 1.30. The van der Waals surface area contributed by atoms with E-state index in [1.165, 1.54) is 13.0 Å². The van der Waals surface area contributed by atoms with Crippen LogP contribution in [0, 0.1) is 0 Å². The average molecular weight is 198 g/mol. The standard InChI is InChI=1S/C12H26N2/c1-7-13(6)11-8-12(4,5)14(9-11)10(2)3/h10-11H,7-9H2,1-6H3/t11-/m0/s1. The minimum absolute atomic E-state index is 0.377. The zero-order valence-corrected chi connectivity index (χ0v) is 10.7. The normalized spacial score (nSPS) is 27.9. The molecule has 2 heteroatoms. The largest absolute Gasteiger partial charge is 0.302 e. The molecule has 0 unspecified atom stereocenters. The van der Waals surface area contributed by atoms with Gasteiger partial charge in [0.25, 0.3) is 0 Å². The minimum atomic E-state index is 0.377. The molecule has 14 heavy (non-hydrogen) atoms. The molecule has 0 N–H and O–H groups in total. The molecule has 0 saturated carbocycles. The summed E-state index contributed by atoms with van der Waals surface area (Å²) in [6, 6.07) is 1.41. The van der Waals surface area contributed by atoms with E-state index >= 15 is 0 Å². The van der Waals surface area contributed by atoms with Crippen LogP contribution in [0.5, 0.6) is 0 Å². The molecule has 1 aliphatic heterocycles. The summed E-state index contributed by atoms with van der Waals surface area (Å²) in [5.74, 6) is 0. The summed E-state index contributed by atoms with van der Waals surface area (Å²) in [5, 5.41) is 0. The van der Waals surface area contributed by atoms with Gasteiger partial charge in [-0.05, 0) is 47.7 Å². The van der Waals surface area contributed by atoms with Gasteiger partial charge in [-0.2, -0.15) is 0 Å². The molecule has 84 valence electrons. The molecule has 0 radical (unpaired) electrons. The third-order valence-corrected chi connectivity index (χ3v) is 3.67. The zero-order chi connectivity index (χ0) is 10.9. The molecule has 0 aromatic heterocycles. The van der Waals surface area contributed by atoms with Crippen molar-refractivity contribution in [1.29, 1.82) is 0 Å². The van der Waals surface area contributed by atoms with E-state index in [9.17, 15) is 0 Å². The van der Waals surface area contributed by atoms with Gasteiger partial charge in [-0.3, -0.25) is 4.90 Å². The molecule has 0 spiro atoms. The highest BCUT2D eigenvalue weighted by Crippen LogP contribution is 2.32. The number of likely N-dealkylation sites (tertiary alicyclic amines) is 1. The SMILES string of the molecule is CCN(C)[C@@H]1CN(C(C)C)C(C)(C)C1. The van der Waals surface area contributed by atoms with Gasteiger partial charge in [0.2, 0.25) is 0 Å². The van der Waals surface area contributed by atoms with Crippen LogP contribution >= 0.6 is 0 Å². The van der Waals surface area contributed by atoms with Crippen LogP contribution in [0.25, 0.3) is 0 Å². The lowest BCUT2D eigenvalue weighted by Crippen LogP contribution is -2.43. The molecule has 1 rings (SSSR count). The Bertz CT molecular complexity index is 187. The fourth-order valence-electron chi connectivity index (χ4n) is 2.70. The van der Waals surface area contributed by atoms with Crippen molar-refractivity contribution in [3.63, 3.8) is 0 Å². The lowest BCUT2D eigenvalue weighted by molar-refractivity contribution is 0.132. The van der Waals surface area contributed by atoms with E-state index in [-0.39, 0.29) is 0 Å². The van der Waals surface area contributed by atoms with E-state index in [1.54, 1.807) is 0 Å². The van der Waals surface area contributed by atoms with E-state index in [4.69, 9.17) is 0 Å². The molecule has 1 atom stereocenters. The van der Waals surface area contributed by atoms with Crippen molar-refractivity contribution in [3.05, 3.63) is 0 Å². The summed E-state index contributed by atoms with van der Waals surface area (Å²) in [5.41, 5.74) is 0.377. The van der Waals surface area contributed by atoms with Crippen molar-refractivity contribution in [1.82, 2.24) is 9.80 Å². The zero-order valence-electron chi connectivity index (χ0n) is 10.7. The summed E-state index contributed by atoms with van der Waals surface area (Å²) in [7, 11) is 2.24. The van der Waals surface area contributed by atoms with Crippen molar-refractivity contribution < 1.29 is 0 Å². The Morgan fingerprint density at radius 3 is 2.36 bits per heavy atom. The highest BCUT2D eigenvalue weighted by molar-refractivity contribution is 4.97. The molecule has 0 aromatic carbocycles. The van der Waals surface area contributed by atoms with E-state index in [2.05, 4.69) is 51.5 Å². The maximum atomic E-state index is 2.63. The predicted molar refractivity (Wildman–Crippen MR) is 62.6 cm³/mol. The fourth-order valence-corrected chi connectivity index (χ4v) is 2.70. The van der Waals surface area contributed by atoms with Gasteiger partial charge in [0.1, 0.15) is 0 Å². The Kier molecular flexibility index (Phi) is 3.59. The van der Waals surface area contributed by atoms with Crippen LogP contribution in [-0.2, 0) is 0 Å². The van der Waals surface area contributed by atoms with Gasteiger partial charge in [0, 0.05) is 24.2 Å². The first-order valence-corrected chi connectivity index (χ1v) is 5.85. The summed E-state index contributed by atoms with van der Waals surface area (Å²) in [4.78, 5) is 5.11. The van der Waals surface area contributed by atoms with Crippen LogP contribution in [-0.4, -0.2) is 47.6 Å². The fraction of sp³-hybridized carbons (Fsp3) is 1.00. The first-order valence-electron chi connectivity index (χ1n) is 5.85. The van der Waals surface area contributed by atoms with Gasteiger partial charge in [0.05, 0.1) is 0 Å². The molecule has 1 saturated heterocycles. The molecule has 0 bridgehead atoms. The van der Waals surface area contributed by atoms with E-state index in [0.717, 1.165) is 12.6 Å². The summed E-state index contributed by atoms with van der Waals surface area (Å²) >= 11 is 0. The highest BCUT2D eigenvalue weighted by Gasteiger charge is 2.40. The second-order valence-corrected chi connectivity index (χ2v) is 5.49. The topological polar surface area (TPSA) is 6.48 Å². The van der Waals surface area contributed by atoms with E-state index in [0.29, 0.717) is 11.6 Å². The van der Waals surface area contributed by atoms with Crippen molar-refractivity contribution in [2.24, 2.45) is 0 Å². The monoisotopic (exact) mass is 198 g/mol. The average Bonchev–Trinajstić information content (AvgIpc) is 2.40. The van der Waals surface area contributed by atoms with Gasteiger partial charge in [-0.1, -0.05) is 6.92 Å². The number of likely N-dealkylation sites (N-methyl/N-ethyl adjacent to an activating group) is 1. The lowest BCUT2D eigenvalue weighted by atomic mass is 9.99. The second-order valence-electron chi connectivity index (χ2n) is 5.49. The van der Waals surface area contributed by atoms with Crippen LogP contribution in [0.15, 0.2) is 0 Å². The molecule has 0 aliphatic carbocycles. The Hall–Kier alpha value is -0.0800. The van der Waals surface area contributed by atoms with E-state index < -0.39 is 0 Å². The first-order chi connectivity index (χ1) is 6.38. The first kappa shape index (κ1) is 12.0. The number of hydrogen-bond donors (Lipinski definition) is 0. The molecular weight excluding hydrogens is 172 g/mol. The molecular formula is C12H26N2. The van der Waals surface area contributed by atoms with Gasteiger partial charge >= 0.3 is 0 Å². The van der Waals surface area contributed by atoms with Crippen molar-refractivity contribution >= 4 is 0 Å². The third kappa shape index (κ3) is 2.29.